The third-order valence-electron chi connectivity index (χ3n) is 5.10. The Labute approximate surface area is 200 Å². The molecule has 6 nitrogen and oxygen atoms in total. The van der Waals surface area contributed by atoms with E-state index in [1.165, 1.54) is 23.8 Å². The van der Waals surface area contributed by atoms with Crippen molar-refractivity contribution in [3.8, 4) is 5.75 Å². The fraction of sp³-hybridized carbons (Fsp3) is 0.375. The quantitative estimate of drug-likeness (QED) is 0.410. The molecule has 182 valence electrons. The first-order chi connectivity index (χ1) is 15.9. The highest BCUT2D eigenvalue weighted by atomic mass is 32.2. The molecule has 1 heterocycles. The molecule has 1 atom stereocenters. The molecule has 0 saturated heterocycles. The number of benzene rings is 2. The summed E-state index contributed by atoms with van der Waals surface area (Å²) in [7, 11) is 1.75. The Morgan fingerprint density at radius 1 is 1.09 bits per heavy atom. The summed E-state index contributed by atoms with van der Waals surface area (Å²) in [4.78, 5) is 12.3. The van der Waals surface area contributed by atoms with Crippen LogP contribution in [0.25, 0.3) is 0 Å². The number of carbonyl (C=O) groups is 1. The van der Waals surface area contributed by atoms with Gasteiger partial charge < -0.3 is 14.6 Å². The van der Waals surface area contributed by atoms with Crippen LogP contribution in [0.3, 0.4) is 0 Å². The highest BCUT2D eigenvalue weighted by Crippen LogP contribution is 2.34. The maximum atomic E-state index is 13.1. The third kappa shape index (κ3) is 6.31. The number of nitrogens with one attached hydrogen (secondary N) is 1. The third-order valence-corrected chi connectivity index (χ3v) is 6.12. The average molecular weight is 493 g/mol. The van der Waals surface area contributed by atoms with Gasteiger partial charge in [-0.15, -0.1) is 10.2 Å². The monoisotopic (exact) mass is 492 g/mol. The van der Waals surface area contributed by atoms with Gasteiger partial charge >= 0.3 is 6.18 Å². The molecule has 0 saturated carbocycles. The van der Waals surface area contributed by atoms with E-state index in [1.807, 2.05) is 31.2 Å². The first-order valence-corrected chi connectivity index (χ1v) is 11.6. The molecular weight excluding hydrogens is 465 g/mol. The number of hydrogen-bond acceptors (Lipinski definition) is 5. The number of alkyl halides is 3. The molecule has 0 aliphatic heterocycles. The van der Waals surface area contributed by atoms with Gasteiger partial charge in [0.25, 0.3) is 0 Å². The van der Waals surface area contributed by atoms with Crippen molar-refractivity contribution < 1.29 is 22.7 Å². The molecule has 1 unspecified atom stereocenters. The second-order valence-electron chi connectivity index (χ2n) is 8.81. The van der Waals surface area contributed by atoms with Gasteiger partial charge in [-0.25, -0.2) is 0 Å². The summed E-state index contributed by atoms with van der Waals surface area (Å²) in [6.45, 7) is 8.26. The summed E-state index contributed by atoms with van der Waals surface area (Å²) >= 11 is 1.08. The summed E-state index contributed by atoms with van der Waals surface area (Å²) < 4.78 is 47.1. The first-order valence-electron chi connectivity index (χ1n) is 10.6. The number of carbonyl (C=O) groups excluding carboxylic acids is 1. The molecule has 0 aliphatic rings. The lowest BCUT2D eigenvalue weighted by molar-refractivity contribution is -0.137. The molecule has 0 bridgehead atoms. The minimum absolute atomic E-state index is 0.0426. The zero-order valence-corrected chi connectivity index (χ0v) is 20.4. The summed E-state index contributed by atoms with van der Waals surface area (Å²) in [6, 6.07) is 12.7. The number of rotatable bonds is 7. The smallest absolute Gasteiger partial charge is 0.418 e. The molecule has 3 aromatic rings. The van der Waals surface area contributed by atoms with Gasteiger partial charge in [-0.05, 0) is 42.2 Å². The van der Waals surface area contributed by atoms with Crippen LogP contribution in [0.4, 0.5) is 18.9 Å². The Morgan fingerprint density at radius 2 is 1.74 bits per heavy atom. The van der Waals surface area contributed by atoms with Crippen molar-refractivity contribution in [1.82, 2.24) is 14.8 Å². The van der Waals surface area contributed by atoms with Crippen molar-refractivity contribution >= 4 is 23.4 Å². The van der Waals surface area contributed by atoms with E-state index in [2.05, 4.69) is 36.3 Å². The molecule has 3 rings (SSSR count). The second kappa shape index (κ2) is 10.1. The molecule has 10 heteroatoms. The van der Waals surface area contributed by atoms with Gasteiger partial charge in [0.15, 0.2) is 17.1 Å². The van der Waals surface area contributed by atoms with E-state index < -0.39 is 23.8 Å². The molecule has 0 fully saturated rings. The van der Waals surface area contributed by atoms with E-state index in [4.69, 9.17) is 4.74 Å². The predicted octanol–water partition coefficient (Wildman–Crippen LogP) is 6.00. The average Bonchev–Trinajstić information content (AvgIpc) is 3.12. The summed E-state index contributed by atoms with van der Waals surface area (Å²) in [5.74, 6) is 0.557. The van der Waals surface area contributed by atoms with Crippen molar-refractivity contribution in [2.45, 2.75) is 50.5 Å². The van der Waals surface area contributed by atoms with E-state index in [9.17, 15) is 18.0 Å². The van der Waals surface area contributed by atoms with E-state index in [0.717, 1.165) is 17.8 Å². The van der Waals surface area contributed by atoms with Gasteiger partial charge in [0.2, 0.25) is 5.91 Å². The van der Waals surface area contributed by atoms with E-state index in [-0.39, 0.29) is 16.9 Å². The fourth-order valence-electron chi connectivity index (χ4n) is 3.25. The fourth-order valence-corrected chi connectivity index (χ4v) is 3.97. The van der Waals surface area contributed by atoms with Crippen molar-refractivity contribution in [1.29, 1.82) is 0 Å². The van der Waals surface area contributed by atoms with Crippen molar-refractivity contribution in [3.05, 3.63) is 65.5 Å². The van der Waals surface area contributed by atoms with Crippen LogP contribution in [0.2, 0.25) is 0 Å². The maximum Gasteiger partial charge on any atom is 0.418 e. The van der Waals surface area contributed by atoms with E-state index >= 15 is 0 Å². The molecule has 1 aromatic heterocycles. The van der Waals surface area contributed by atoms with Gasteiger partial charge in [-0.1, -0.05) is 56.8 Å². The Kier molecular flexibility index (Phi) is 7.60. The number of aromatic nitrogens is 3. The molecular formula is C24H27F3N4O2S. The van der Waals surface area contributed by atoms with Gasteiger partial charge in [0.05, 0.1) is 17.0 Å². The van der Waals surface area contributed by atoms with Crippen molar-refractivity contribution in [2.24, 2.45) is 7.05 Å². The van der Waals surface area contributed by atoms with Gasteiger partial charge in [0, 0.05) is 7.05 Å². The Bertz CT molecular complexity index is 1140. The highest BCUT2D eigenvalue weighted by Gasteiger charge is 2.33. The Morgan fingerprint density at radius 3 is 2.35 bits per heavy atom. The summed E-state index contributed by atoms with van der Waals surface area (Å²) in [5, 5.41) is 11.0. The van der Waals surface area contributed by atoms with E-state index in [0.29, 0.717) is 16.7 Å². The number of halogens is 3. The lowest BCUT2D eigenvalue weighted by atomic mass is 9.87. The van der Waals surface area contributed by atoms with Gasteiger partial charge in [-0.3, -0.25) is 4.79 Å². The SMILES string of the molecule is CC(Oc1ccc(C(C)(C)C)cc1)c1nnc(SCC(=O)Nc2ccccc2C(F)(F)F)n1C. The van der Waals surface area contributed by atoms with Crippen LogP contribution in [0.1, 0.15) is 50.8 Å². The minimum atomic E-state index is -4.56. The van der Waals surface area contributed by atoms with Crippen LogP contribution in [0, 0.1) is 0 Å². The Balaban J connectivity index is 1.61. The highest BCUT2D eigenvalue weighted by molar-refractivity contribution is 7.99. The van der Waals surface area contributed by atoms with Crippen LogP contribution in [0.5, 0.6) is 5.75 Å². The van der Waals surface area contributed by atoms with Gasteiger partial charge in [0.1, 0.15) is 5.75 Å². The largest absolute Gasteiger partial charge is 0.483 e. The maximum absolute atomic E-state index is 13.1. The molecule has 1 N–H and O–H groups in total. The zero-order chi connectivity index (χ0) is 25.1. The summed E-state index contributed by atoms with van der Waals surface area (Å²) in [6.07, 6.45) is -4.96. The number of para-hydroxylation sites is 1. The standard InChI is InChI=1S/C24H27F3N4O2S/c1-15(33-17-12-10-16(11-13-17)23(2,3)4)21-29-30-22(31(21)5)34-14-20(32)28-19-9-7-6-8-18(19)24(25,26)27/h6-13,15H,14H2,1-5H3,(H,28,32). The number of amides is 1. The number of thioether (sulfide) groups is 1. The molecule has 1 amide bonds. The predicted molar refractivity (Wildman–Crippen MR) is 126 cm³/mol. The van der Waals surface area contributed by atoms with Crippen molar-refractivity contribution in [3.63, 3.8) is 0 Å². The lowest BCUT2D eigenvalue weighted by Gasteiger charge is -2.20. The zero-order valence-electron chi connectivity index (χ0n) is 19.6. The van der Waals surface area contributed by atoms with Crippen molar-refractivity contribution in [2.75, 3.05) is 11.1 Å². The minimum Gasteiger partial charge on any atom is -0.483 e. The van der Waals surface area contributed by atoms with E-state index in [1.54, 1.807) is 11.6 Å². The Hall–Kier alpha value is -3.01. The van der Waals surface area contributed by atoms with Crippen LogP contribution < -0.4 is 10.1 Å². The second-order valence-corrected chi connectivity index (χ2v) is 9.76. The number of anilines is 1. The van der Waals surface area contributed by atoms with Gasteiger partial charge in [-0.2, -0.15) is 13.2 Å². The summed E-state index contributed by atoms with van der Waals surface area (Å²) in [5.41, 5.74) is 0.0663. The lowest BCUT2D eigenvalue weighted by Crippen LogP contribution is -2.18. The first kappa shape index (κ1) is 25.6. The van der Waals surface area contributed by atoms with Crippen LogP contribution in [-0.2, 0) is 23.4 Å². The topological polar surface area (TPSA) is 69.0 Å². The van der Waals surface area contributed by atoms with Crippen LogP contribution >= 0.6 is 11.8 Å². The molecule has 0 spiro atoms. The number of ether oxygens (including phenoxy) is 1. The molecule has 34 heavy (non-hydrogen) atoms. The molecule has 0 radical (unpaired) electrons. The molecule has 0 aliphatic carbocycles. The number of hydrogen-bond donors (Lipinski definition) is 1. The van der Waals surface area contributed by atoms with Crippen LogP contribution in [-0.4, -0.2) is 26.4 Å². The number of nitrogens with zero attached hydrogens (tertiary/aromatic N) is 3. The molecule has 2 aromatic carbocycles. The normalized spacial score (nSPS) is 12.9. The van der Waals surface area contributed by atoms with Crippen LogP contribution in [0.15, 0.2) is 53.7 Å².